The Bertz CT molecular complexity index is 184. The van der Waals surface area contributed by atoms with Gasteiger partial charge in [-0.3, -0.25) is 0 Å². The second kappa shape index (κ2) is 36.2. The molecule has 1 aromatic carbocycles. The second-order valence-electron chi connectivity index (χ2n) is 4.01. The van der Waals surface area contributed by atoms with Crippen molar-refractivity contribution in [1.29, 1.82) is 0 Å². The highest BCUT2D eigenvalue weighted by molar-refractivity contribution is 5.11. The van der Waals surface area contributed by atoms with Crippen molar-refractivity contribution in [1.82, 2.24) is 0 Å². The Hall–Kier alpha value is -0.780. The fraction of sp³-hybridized carbons (Fsp3) is 0.700. The molecule has 20 heavy (non-hydrogen) atoms. The zero-order valence-corrected chi connectivity index (χ0v) is 15.9. The summed E-state index contributed by atoms with van der Waals surface area (Å²) < 4.78 is 0. The summed E-state index contributed by atoms with van der Waals surface area (Å²) in [6.07, 6.45) is 6.72. The van der Waals surface area contributed by atoms with Crippen LogP contribution in [0.2, 0.25) is 0 Å². The number of benzene rings is 1. The Kier molecular flexibility index (Phi) is 49.8. The number of hydrogen-bond donors (Lipinski definition) is 0. The summed E-state index contributed by atoms with van der Waals surface area (Å²) in [6, 6.07) is 10.3. The van der Waals surface area contributed by atoms with Gasteiger partial charge in [0, 0.05) is 0 Å². The first-order chi connectivity index (χ1) is 9.72. The highest BCUT2D eigenvalue weighted by atomic mass is 13.8. The van der Waals surface area contributed by atoms with E-state index in [2.05, 4.69) is 46.8 Å². The van der Waals surface area contributed by atoms with Crippen LogP contribution in [0, 0.1) is 6.92 Å². The average Bonchev–Trinajstić information content (AvgIpc) is 2.54. The quantitative estimate of drug-likeness (QED) is 0.526. The topological polar surface area (TPSA) is 0 Å². The molecule has 0 amide bonds. The molecule has 0 heteroatoms. The van der Waals surface area contributed by atoms with Crippen LogP contribution in [-0.4, -0.2) is 0 Å². The number of hydrogen-bond acceptors (Lipinski definition) is 0. The van der Waals surface area contributed by atoms with Crippen molar-refractivity contribution < 1.29 is 0 Å². The lowest BCUT2D eigenvalue weighted by Crippen LogP contribution is -1.62. The minimum atomic E-state index is 1.32. The normalized spacial score (nSPS) is 7.25. The second-order valence-corrected chi connectivity index (χ2v) is 4.01. The fourth-order valence-corrected chi connectivity index (χ4v) is 0.888. The predicted octanol–water partition coefficient (Wildman–Crippen LogP) is 8.05. The molecule has 0 fully saturated rings. The van der Waals surface area contributed by atoms with Gasteiger partial charge >= 0.3 is 0 Å². The van der Waals surface area contributed by atoms with Gasteiger partial charge in [0.05, 0.1) is 0 Å². The van der Waals surface area contributed by atoms with E-state index in [4.69, 9.17) is 0 Å². The highest BCUT2D eigenvalue weighted by Gasteiger charge is 1.72. The summed E-state index contributed by atoms with van der Waals surface area (Å²) in [7, 11) is 0. The molecular weight excluding hydrogens is 240 g/mol. The minimum absolute atomic E-state index is 1.32. The van der Waals surface area contributed by atoms with E-state index in [-0.39, 0.29) is 0 Å². The van der Waals surface area contributed by atoms with E-state index in [0.29, 0.717) is 0 Å². The van der Waals surface area contributed by atoms with Gasteiger partial charge in [0.15, 0.2) is 0 Å². The monoisotopic (exact) mass is 282 g/mol. The molecule has 0 nitrogen and oxygen atoms in total. The summed E-state index contributed by atoms with van der Waals surface area (Å²) >= 11 is 0. The van der Waals surface area contributed by atoms with E-state index in [1.165, 1.54) is 37.7 Å². The van der Waals surface area contributed by atoms with E-state index in [0.717, 1.165) is 0 Å². The van der Waals surface area contributed by atoms with E-state index < -0.39 is 0 Å². The van der Waals surface area contributed by atoms with Crippen LogP contribution in [0.25, 0.3) is 0 Å². The zero-order chi connectivity index (χ0) is 16.6. The van der Waals surface area contributed by atoms with Crippen LogP contribution in [0.5, 0.6) is 0 Å². The largest absolute Gasteiger partial charge is 0.0683 e. The van der Waals surface area contributed by atoms with Crippen LogP contribution in [0.1, 0.15) is 93.1 Å². The van der Waals surface area contributed by atoms with Crippen molar-refractivity contribution in [2.24, 2.45) is 0 Å². The van der Waals surface area contributed by atoms with Crippen molar-refractivity contribution in [3.8, 4) is 0 Å². The van der Waals surface area contributed by atoms with E-state index in [1.54, 1.807) is 0 Å². The Balaban J connectivity index is -0.0000000883. The molecule has 1 aromatic rings. The first kappa shape index (κ1) is 27.5. The third-order valence-electron chi connectivity index (χ3n) is 2.15. The van der Waals surface area contributed by atoms with Crippen LogP contribution in [0.4, 0.5) is 0 Å². The molecule has 0 bridgehead atoms. The first-order valence-electron chi connectivity index (χ1n) is 8.74. The summed E-state index contributed by atoms with van der Waals surface area (Å²) in [5, 5.41) is 0. The van der Waals surface area contributed by atoms with Gasteiger partial charge in [0.2, 0.25) is 0 Å². The van der Waals surface area contributed by atoms with Crippen molar-refractivity contribution in [3.05, 3.63) is 35.9 Å². The van der Waals surface area contributed by atoms with Gasteiger partial charge in [0.1, 0.15) is 0 Å². The van der Waals surface area contributed by atoms with Gasteiger partial charge in [-0.15, -0.1) is 0 Å². The Morgan fingerprint density at radius 2 is 0.950 bits per heavy atom. The summed E-state index contributed by atoms with van der Waals surface area (Å²) in [6.45, 7) is 18.9. The van der Waals surface area contributed by atoms with Gasteiger partial charge < -0.3 is 0 Å². The first-order valence-corrected chi connectivity index (χ1v) is 8.74. The van der Waals surface area contributed by atoms with E-state index in [1.807, 2.05) is 45.9 Å². The van der Waals surface area contributed by atoms with Crippen molar-refractivity contribution in [3.63, 3.8) is 0 Å². The summed E-state index contributed by atoms with van der Waals surface area (Å²) in [5.41, 5.74) is 1.32. The van der Waals surface area contributed by atoms with Crippen molar-refractivity contribution >= 4 is 0 Å². The third kappa shape index (κ3) is 43.4. The van der Waals surface area contributed by atoms with Gasteiger partial charge in [0.25, 0.3) is 0 Å². The van der Waals surface area contributed by atoms with Gasteiger partial charge in [-0.25, -0.2) is 0 Å². The van der Waals surface area contributed by atoms with E-state index >= 15 is 0 Å². The molecule has 0 unspecified atom stereocenters. The smallest absolute Gasteiger partial charge is 0.0398 e. The van der Waals surface area contributed by atoms with Crippen LogP contribution in [0.15, 0.2) is 30.3 Å². The molecule has 0 atom stereocenters. The molecule has 0 saturated carbocycles. The molecule has 0 aromatic heterocycles. The predicted molar refractivity (Wildman–Crippen MR) is 99.7 cm³/mol. The summed E-state index contributed by atoms with van der Waals surface area (Å²) in [5.74, 6) is 0. The molecule has 1 rings (SSSR count). The zero-order valence-electron chi connectivity index (χ0n) is 15.9. The number of rotatable bonds is 3. The van der Waals surface area contributed by atoms with Crippen LogP contribution in [-0.2, 0) is 0 Å². The maximum absolute atomic E-state index is 2.21. The Morgan fingerprint density at radius 3 is 1.05 bits per heavy atom. The van der Waals surface area contributed by atoms with Crippen LogP contribution < -0.4 is 0 Å². The molecule has 0 heterocycles. The number of unbranched alkanes of at least 4 members (excludes halogenated alkanes) is 3. The van der Waals surface area contributed by atoms with Crippen LogP contribution in [0.3, 0.4) is 0 Å². The van der Waals surface area contributed by atoms with E-state index in [9.17, 15) is 0 Å². The fourth-order valence-electron chi connectivity index (χ4n) is 0.888. The molecule has 0 aliphatic rings. The molecule has 0 spiro atoms. The molecule has 0 aliphatic heterocycles. The van der Waals surface area contributed by atoms with Gasteiger partial charge in [-0.2, -0.15) is 0 Å². The van der Waals surface area contributed by atoms with Gasteiger partial charge in [-0.1, -0.05) is 123 Å². The Morgan fingerprint density at radius 1 is 0.600 bits per heavy atom. The lowest BCUT2D eigenvalue weighted by atomic mass is 10.2. The molecule has 0 aliphatic carbocycles. The van der Waals surface area contributed by atoms with Crippen LogP contribution >= 0.6 is 0 Å². The molecule has 122 valence electrons. The third-order valence-corrected chi connectivity index (χ3v) is 2.15. The van der Waals surface area contributed by atoms with Crippen molar-refractivity contribution in [2.75, 3.05) is 0 Å². The maximum Gasteiger partial charge on any atom is -0.0398 e. The molecule has 0 saturated heterocycles. The minimum Gasteiger partial charge on any atom is -0.0683 e. The number of aryl methyl sites for hydroxylation is 1. The van der Waals surface area contributed by atoms with Gasteiger partial charge in [-0.05, 0) is 6.92 Å². The SMILES string of the molecule is CC.CC.CCCC.CCCCC.Cc1ccccc1. The summed E-state index contributed by atoms with van der Waals surface area (Å²) in [4.78, 5) is 0. The Labute approximate surface area is 131 Å². The standard InChI is InChI=1S/C7H8.C5H12.C4H10.2C2H6/c1-7-5-3-2-4-6-7;1-3-5-4-2;1-3-4-2;2*1-2/h2-6H,1H3;3-5H2,1-2H3;3-4H2,1-2H3;2*1-2H3. The lowest BCUT2D eigenvalue weighted by molar-refractivity contribution is 0.772. The van der Waals surface area contributed by atoms with Crippen molar-refractivity contribution in [2.45, 2.75) is 94.4 Å². The maximum atomic E-state index is 2.21. The molecular formula is C20H42. The molecule has 0 N–H and O–H groups in total. The lowest BCUT2D eigenvalue weighted by Gasteiger charge is -1.82. The average molecular weight is 283 g/mol. The molecule has 0 radical (unpaired) electrons. The highest BCUT2D eigenvalue weighted by Crippen LogP contribution is 1.92.